The Kier molecular flexibility index (Phi) is 1.90. The molecule has 1 atom stereocenters. The summed E-state index contributed by atoms with van der Waals surface area (Å²) in [5.74, 6) is -3.90. The number of likely N-dealkylation sites (tertiary alicyclic amines) is 1. The molecule has 0 aromatic heterocycles. The second-order valence-electron chi connectivity index (χ2n) is 2.81. The van der Waals surface area contributed by atoms with Gasteiger partial charge >= 0.3 is 0 Å². The van der Waals surface area contributed by atoms with Gasteiger partial charge in [-0.25, -0.2) is 8.78 Å². The molecule has 1 aliphatic heterocycles. The molecule has 1 saturated heterocycles. The van der Waals surface area contributed by atoms with Crippen LogP contribution in [0.2, 0.25) is 0 Å². The zero-order valence-corrected chi connectivity index (χ0v) is 5.78. The lowest BCUT2D eigenvalue weighted by Gasteiger charge is -2.12. The first kappa shape index (κ1) is 7.85. The molecule has 1 unspecified atom stereocenters. The molecule has 0 amide bonds. The van der Waals surface area contributed by atoms with Crippen molar-refractivity contribution in [3.05, 3.63) is 0 Å². The van der Waals surface area contributed by atoms with Crippen LogP contribution in [0.1, 0.15) is 0 Å². The highest BCUT2D eigenvalue weighted by atomic mass is 19.3. The normalized spacial score (nSPS) is 33.0. The van der Waals surface area contributed by atoms with Crippen LogP contribution in [0.15, 0.2) is 0 Å². The molecule has 0 radical (unpaired) electrons. The van der Waals surface area contributed by atoms with E-state index in [9.17, 15) is 13.2 Å². The van der Waals surface area contributed by atoms with Crippen LogP contribution in [-0.4, -0.2) is 37.6 Å². The van der Waals surface area contributed by atoms with Gasteiger partial charge < -0.3 is 0 Å². The van der Waals surface area contributed by atoms with E-state index in [0.717, 1.165) is 0 Å². The molecule has 0 aromatic rings. The fourth-order valence-electron chi connectivity index (χ4n) is 1.22. The molecule has 1 fully saturated rings. The fourth-order valence-corrected chi connectivity index (χ4v) is 1.22. The quantitative estimate of drug-likeness (QED) is 0.546. The SMILES string of the molecule is CN1CC(CF)C(F)(F)C1. The number of nitrogens with zero attached hydrogens (tertiary/aromatic N) is 1. The molecule has 1 rings (SSSR count). The van der Waals surface area contributed by atoms with Gasteiger partial charge in [0.25, 0.3) is 5.92 Å². The molecule has 10 heavy (non-hydrogen) atoms. The van der Waals surface area contributed by atoms with Gasteiger partial charge in [-0.05, 0) is 7.05 Å². The fraction of sp³-hybridized carbons (Fsp3) is 1.00. The second-order valence-corrected chi connectivity index (χ2v) is 2.81. The van der Waals surface area contributed by atoms with Crippen LogP contribution in [0.5, 0.6) is 0 Å². The Morgan fingerprint density at radius 1 is 1.60 bits per heavy atom. The topological polar surface area (TPSA) is 3.24 Å². The van der Waals surface area contributed by atoms with Gasteiger partial charge in [0.2, 0.25) is 0 Å². The number of hydrogen-bond donors (Lipinski definition) is 0. The maximum atomic E-state index is 12.6. The third-order valence-corrected chi connectivity index (χ3v) is 1.80. The summed E-state index contributed by atoms with van der Waals surface area (Å²) in [4.78, 5) is 1.45. The standard InChI is InChI=1S/C6H10F3N/c1-10-3-5(2-7)6(8,9)4-10/h5H,2-4H2,1H3. The average molecular weight is 153 g/mol. The van der Waals surface area contributed by atoms with Crippen LogP contribution >= 0.6 is 0 Å². The molecule has 0 saturated carbocycles. The van der Waals surface area contributed by atoms with Crippen molar-refractivity contribution in [3.8, 4) is 0 Å². The van der Waals surface area contributed by atoms with E-state index in [4.69, 9.17) is 0 Å². The van der Waals surface area contributed by atoms with Crippen molar-refractivity contribution in [1.29, 1.82) is 0 Å². The molecule has 1 heterocycles. The van der Waals surface area contributed by atoms with E-state index in [-0.39, 0.29) is 13.1 Å². The zero-order valence-electron chi connectivity index (χ0n) is 5.78. The first-order valence-electron chi connectivity index (χ1n) is 3.18. The van der Waals surface area contributed by atoms with Crippen LogP contribution in [0.4, 0.5) is 13.2 Å². The maximum Gasteiger partial charge on any atom is 0.267 e. The maximum absolute atomic E-state index is 12.6. The minimum absolute atomic E-state index is 0.170. The molecular formula is C6H10F3N. The van der Waals surface area contributed by atoms with E-state index in [2.05, 4.69) is 0 Å². The van der Waals surface area contributed by atoms with Crippen molar-refractivity contribution < 1.29 is 13.2 Å². The summed E-state index contributed by atoms with van der Waals surface area (Å²) >= 11 is 0. The lowest BCUT2D eigenvalue weighted by Crippen LogP contribution is -2.28. The first-order chi connectivity index (χ1) is 4.56. The Balaban J connectivity index is 2.58. The number of alkyl halides is 3. The summed E-state index contributed by atoms with van der Waals surface area (Å²) < 4.78 is 37.0. The van der Waals surface area contributed by atoms with Gasteiger partial charge in [0.1, 0.15) is 0 Å². The summed E-state index contributed by atoms with van der Waals surface area (Å²) in [6.45, 7) is -1.05. The Labute approximate surface area is 57.8 Å². The Morgan fingerprint density at radius 3 is 2.40 bits per heavy atom. The van der Waals surface area contributed by atoms with Gasteiger partial charge in [-0.3, -0.25) is 9.29 Å². The zero-order chi connectivity index (χ0) is 7.78. The summed E-state index contributed by atoms with van der Waals surface area (Å²) in [6.07, 6.45) is 0. The smallest absolute Gasteiger partial charge is 0.267 e. The first-order valence-corrected chi connectivity index (χ1v) is 3.18. The highest BCUT2D eigenvalue weighted by Gasteiger charge is 2.46. The molecule has 4 heteroatoms. The molecule has 0 N–H and O–H groups in total. The minimum Gasteiger partial charge on any atom is -0.300 e. The third-order valence-electron chi connectivity index (χ3n) is 1.80. The van der Waals surface area contributed by atoms with E-state index < -0.39 is 18.5 Å². The van der Waals surface area contributed by atoms with Crippen molar-refractivity contribution >= 4 is 0 Å². The van der Waals surface area contributed by atoms with Crippen molar-refractivity contribution in [2.45, 2.75) is 5.92 Å². The number of rotatable bonds is 1. The Bertz CT molecular complexity index is 126. The predicted molar refractivity (Wildman–Crippen MR) is 31.9 cm³/mol. The van der Waals surface area contributed by atoms with E-state index in [1.165, 1.54) is 4.90 Å². The van der Waals surface area contributed by atoms with Crippen LogP contribution in [-0.2, 0) is 0 Å². The molecule has 0 spiro atoms. The Hall–Kier alpha value is -0.250. The molecular weight excluding hydrogens is 143 g/mol. The second kappa shape index (κ2) is 2.42. The van der Waals surface area contributed by atoms with Crippen molar-refractivity contribution in [1.82, 2.24) is 4.90 Å². The predicted octanol–water partition coefficient (Wildman–Crippen LogP) is 1.15. The van der Waals surface area contributed by atoms with E-state index in [1.807, 2.05) is 0 Å². The lowest BCUT2D eigenvalue weighted by molar-refractivity contribution is -0.0326. The summed E-state index contributed by atoms with van der Waals surface area (Å²) in [6, 6.07) is 0. The van der Waals surface area contributed by atoms with E-state index >= 15 is 0 Å². The van der Waals surface area contributed by atoms with Crippen molar-refractivity contribution in [2.24, 2.45) is 5.92 Å². The van der Waals surface area contributed by atoms with Crippen molar-refractivity contribution in [2.75, 3.05) is 26.8 Å². The van der Waals surface area contributed by atoms with Crippen LogP contribution in [0.25, 0.3) is 0 Å². The Morgan fingerprint density at radius 2 is 2.20 bits per heavy atom. The highest BCUT2D eigenvalue weighted by Crippen LogP contribution is 2.32. The molecule has 1 nitrogen and oxygen atoms in total. The van der Waals surface area contributed by atoms with Crippen LogP contribution < -0.4 is 0 Å². The molecule has 1 aliphatic rings. The highest BCUT2D eigenvalue weighted by molar-refractivity contribution is 4.88. The molecule has 0 bridgehead atoms. The minimum atomic E-state index is -2.82. The summed E-state index contributed by atoms with van der Waals surface area (Å²) in [5, 5.41) is 0. The molecule has 60 valence electrons. The van der Waals surface area contributed by atoms with Crippen molar-refractivity contribution in [3.63, 3.8) is 0 Å². The summed E-state index contributed by atoms with van der Waals surface area (Å²) in [7, 11) is 1.57. The average Bonchev–Trinajstić information content (AvgIpc) is 2.04. The monoisotopic (exact) mass is 153 g/mol. The molecule has 0 aliphatic carbocycles. The number of halogens is 3. The van der Waals surface area contributed by atoms with Gasteiger partial charge in [-0.15, -0.1) is 0 Å². The van der Waals surface area contributed by atoms with Gasteiger partial charge in [0, 0.05) is 6.54 Å². The van der Waals surface area contributed by atoms with Crippen LogP contribution in [0.3, 0.4) is 0 Å². The van der Waals surface area contributed by atoms with Crippen LogP contribution in [0, 0.1) is 5.92 Å². The largest absolute Gasteiger partial charge is 0.300 e. The van der Waals surface area contributed by atoms with E-state index in [0.29, 0.717) is 0 Å². The summed E-state index contributed by atoms with van der Waals surface area (Å²) in [5.41, 5.74) is 0. The lowest BCUT2D eigenvalue weighted by atomic mass is 10.1. The third kappa shape index (κ3) is 1.26. The number of hydrogen-bond acceptors (Lipinski definition) is 1. The molecule has 0 aromatic carbocycles. The van der Waals surface area contributed by atoms with Gasteiger partial charge in [-0.2, -0.15) is 0 Å². The van der Waals surface area contributed by atoms with E-state index in [1.54, 1.807) is 7.05 Å². The van der Waals surface area contributed by atoms with Gasteiger partial charge in [0.05, 0.1) is 19.1 Å². The van der Waals surface area contributed by atoms with Gasteiger partial charge in [-0.1, -0.05) is 0 Å². The van der Waals surface area contributed by atoms with Gasteiger partial charge in [0.15, 0.2) is 0 Å².